The first-order valence-electron chi connectivity index (χ1n) is 22.0. The van der Waals surface area contributed by atoms with E-state index in [1.807, 2.05) is 23.5 Å². The lowest BCUT2D eigenvalue weighted by atomic mass is 9.70. The lowest BCUT2D eigenvalue weighted by Gasteiger charge is -2.32. The van der Waals surface area contributed by atoms with E-state index in [4.69, 9.17) is 4.42 Å². The lowest BCUT2D eigenvalue weighted by Crippen LogP contribution is -2.26. The molecule has 2 nitrogen and oxygen atoms in total. The van der Waals surface area contributed by atoms with E-state index < -0.39 is 5.41 Å². The van der Waals surface area contributed by atoms with Crippen LogP contribution in [-0.4, -0.2) is 0 Å². The quantitative estimate of drug-likeness (QED) is 0.172. The first-order valence-corrected chi connectivity index (χ1v) is 22.8. The maximum atomic E-state index is 6.35. The Labute approximate surface area is 374 Å². The van der Waals surface area contributed by atoms with Gasteiger partial charge < -0.3 is 9.32 Å². The minimum absolute atomic E-state index is 0.458. The van der Waals surface area contributed by atoms with Gasteiger partial charge in [0.1, 0.15) is 11.2 Å². The van der Waals surface area contributed by atoms with E-state index >= 15 is 0 Å². The molecule has 0 aliphatic heterocycles. The summed E-state index contributed by atoms with van der Waals surface area (Å²) < 4.78 is 8.94. The second kappa shape index (κ2) is 13.5. The Kier molecular flexibility index (Phi) is 7.51. The predicted octanol–water partition coefficient (Wildman–Crippen LogP) is 17.1. The van der Waals surface area contributed by atoms with E-state index in [9.17, 15) is 0 Å². The smallest absolute Gasteiger partial charge is 0.136 e. The molecule has 2 heterocycles. The van der Waals surface area contributed by atoms with E-state index in [1.54, 1.807) is 0 Å². The van der Waals surface area contributed by atoms with E-state index in [0.29, 0.717) is 0 Å². The summed E-state index contributed by atoms with van der Waals surface area (Å²) in [4.78, 5) is 2.52. The van der Waals surface area contributed by atoms with Crippen LogP contribution in [0.4, 0.5) is 17.1 Å². The van der Waals surface area contributed by atoms with Gasteiger partial charge in [-0.15, -0.1) is 11.3 Å². The Bertz CT molecular complexity index is 3820. The molecule has 0 atom stereocenters. The molecule has 298 valence electrons. The van der Waals surface area contributed by atoms with Crippen molar-refractivity contribution < 1.29 is 4.42 Å². The molecule has 0 N–H and O–H groups in total. The van der Waals surface area contributed by atoms with E-state index in [1.165, 1.54) is 75.8 Å². The number of anilines is 3. The van der Waals surface area contributed by atoms with Gasteiger partial charge in [0, 0.05) is 47.8 Å². The van der Waals surface area contributed by atoms with Crippen molar-refractivity contribution in [2.45, 2.75) is 5.41 Å². The molecule has 0 saturated heterocycles. The number of hydrogen-bond donors (Lipinski definition) is 0. The number of benzene rings is 10. The van der Waals surface area contributed by atoms with Crippen molar-refractivity contribution in [3.8, 4) is 44.5 Å². The molecule has 0 unspecified atom stereocenters. The molecule has 0 fully saturated rings. The largest absolute Gasteiger partial charge is 0.456 e. The molecule has 0 amide bonds. The first-order chi connectivity index (χ1) is 31.8. The molecule has 10 aromatic carbocycles. The Hall–Kier alpha value is -7.98. The highest BCUT2D eigenvalue weighted by atomic mass is 32.1. The summed E-state index contributed by atoms with van der Waals surface area (Å²) in [6.45, 7) is 0. The van der Waals surface area contributed by atoms with Gasteiger partial charge in [0.2, 0.25) is 0 Å². The molecule has 12 aromatic rings. The number of nitrogens with zero attached hydrogens (tertiary/aromatic N) is 1. The van der Waals surface area contributed by atoms with Crippen LogP contribution in [0.1, 0.15) is 22.3 Å². The summed E-state index contributed by atoms with van der Waals surface area (Å²) in [6.07, 6.45) is 0. The highest BCUT2D eigenvalue weighted by Gasteiger charge is 2.52. The highest BCUT2D eigenvalue weighted by molar-refractivity contribution is 7.25. The Balaban J connectivity index is 1.02. The molecule has 2 aromatic heterocycles. The van der Waals surface area contributed by atoms with Crippen LogP contribution in [0.2, 0.25) is 0 Å². The molecular formula is C61H37NOS. The zero-order chi connectivity index (χ0) is 41.9. The van der Waals surface area contributed by atoms with Crippen molar-refractivity contribution in [2.24, 2.45) is 0 Å². The van der Waals surface area contributed by atoms with Crippen LogP contribution in [0.3, 0.4) is 0 Å². The summed E-state index contributed by atoms with van der Waals surface area (Å²) in [5.74, 6) is 0. The van der Waals surface area contributed by atoms with Crippen LogP contribution in [0, 0.1) is 0 Å². The van der Waals surface area contributed by atoms with Crippen molar-refractivity contribution >= 4 is 70.5 Å². The molecule has 1 spiro atoms. The molecule has 0 radical (unpaired) electrons. The minimum Gasteiger partial charge on any atom is -0.456 e. The van der Waals surface area contributed by atoms with Gasteiger partial charge in [0.15, 0.2) is 0 Å². The van der Waals surface area contributed by atoms with Crippen LogP contribution in [-0.2, 0) is 5.41 Å². The second-order valence-corrected chi connectivity index (χ2v) is 18.2. The van der Waals surface area contributed by atoms with Crippen LogP contribution in [0.5, 0.6) is 0 Å². The molecule has 3 heteroatoms. The number of fused-ring (bicyclic) bond motifs is 16. The summed E-state index contributed by atoms with van der Waals surface area (Å²) >= 11 is 1.87. The topological polar surface area (TPSA) is 16.4 Å². The minimum atomic E-state index is -0.458. The third-order valence-electron chi connectivity index (χ3n) is 13.9. The summed E-state index contributed by atoms with van der Waals surface area (Å²) in [7, 11) is 0. The van der Waals surface area contributed by atoms with Gasteiger partial charge in [-0.1, -0.05) is 170 Å². The maximum Gasteiger partial charge on any atom is 0.136 e. The number of para-hydroxylation sites is 2. The maximum absolute atomic E-state index is 6.35. The Morgan fingerprint density at radius 2 is 0.906 bits per heavy atom. The van der Waals surface area contributed by atoms with Gasteiger partial charge in [0.25, 0.3) is 0 Å². The zero-order valence-corrected chi connectivity index (χ0v) is 35.4. The van der Waals surface area contributed by atoms with Gasteiger partial charge in [-0.05, 0) is 110 Å². The summed E-state index contributed by atoms with van der Waals surface area (Å²) in [5, 5.41) is 4.87. The molecule has 14 rings (SSSR count). The van der Waals surface area contributed by atoms with Crippen LogP contribution in [0.25, 0.3) is 86.6 Å². The molecular weight excluding hydrogens is 795 g/mol. The fourth-order valence-electron chi connectivity index (χ4n) is 11.3. The Morgan fingerprint density at radius 3 is 1.70 bits per heavy atom. The fourth-order valence-corrected chi connectivity index (χ4v) is 12.5. The van der Waals surface area contributed by atoms with Crippen LogP contribution >= 0.6 is 11.3 Å². The third-order valence-corrected chi connectivity index (χ3v) is 15.1. The van der Waals surface area contributed by atoms with Crippen LogP contribution in [0.15, 0.2) is 229 Å². The molecule has 2 aliphatic carbocycles. The normalized spacial score (nSPS) is 13.1. The fraction of sp³-hybridized carbons (Fsp3) is 0.0164. The highest BCUT2D eigenvalue weighted by Crippen LogP contribution is 2.65. The van der Waals surface area contributed by atoms with Gasteiger partial charge >= 0.3 is 0 Å². The Morgan fingerprint density at radius 1 is 0.359 bits per heavy atom. The average molecular weight is 832 g/mol. The predicted molar refractivity (Wildman–Crippen MR) is 268 cm³/mol. The first kappa shape index (κ1) is 35.6. The van der Waals surface area contributed by atoms with Crippen molar-refractivity contribution in [2.75, 3.05) is 4.90 Å². The zero-order valence-electron chi connectivity index (χ0n) is 34.6. The molecule has 64 heavy (non-hydrogen) atoms. The van der Waals surface area contributed by atoms with Gasteiger partial charge in [-0.3, -0.25) is 0 Å². The van der Waals surface area contributed by atoms with Gasteiger partial charge in [-0.2, -0.15) is 0 Å². The second-order valence-electron chi connectivity index (χ2n) is 17.1. The van der Waals surface area contributed by atoms with Crippen molar-refractivity contribution in [3.63, 3.8) is 0 Å². The van der Waals surface area contributed by atoms with E-state index in [-0.39, 0.29) is 0 Å². The standard InChI is InChI=1S/C61H37NOS/c1-7-22-49-41(15-1)42-16-2-8-23-50(42)61(49)51-24-9-3-19-47(51)60-52(61)25-14-27-54(60)62(40-34-31-38(32-35-40)39-33-36-45-44-18-5-11-28-55(44)63-56(45)37-39)53-26-10-4-17-43(53)46-21-13-30-58-59(46)48-20-6-12-29-57(48)64-58/h1-37H. The summed E-state index contributed by atoms with van der Waals surface area (Å²) in [6, 6.07) is 82.9. The van der Waals surface area contributed by atoms with Crippen LogP contribution < -0.4 is 4.90 Å². The van der Waals surface area contributed by atoms with Crippen molar-refractivity contribution in [3.05, 3.63) is 247 Å². The number of rotatable bonds is 5. The van der Waals surface area contributed by atoms with Crippen molar-refractivity contribution in [1.82, 2.24) is 0 Å². The average Bonchev–Trinajstić information content (AvgIpc) is 4.10. The SMILES string of the molecule is c1ccc(N(c2ccc(-c3ccc4c(c3)oc3ccccc34)cc2)c2cccc3c2-c2ccccc2C32c3ccccc3-c3ccccc32)c(-c2cccc3sc4ccccc4c23)c1. The van der Waals surface area contributed by atoms with Crippen molar-refractivity contribution in [1.29, 1.82) is 0 Å². The van der Waals surface area contributed by atoms with E-state index in [0.717, 1.165) is 50.1 Å². The van der Waals surface area contributed by atoms with Gasteiger partial charge in [-0.25, -0.2) is 0 Å². The molecule has 2 aliphatic rings. The third kappa shape index (κ3) is 4.85. The molecule has 0 saturated carbocycles. The number of thiophene rings is 1. The monoisotopic (exact) mass is 831 g/mol. The van der Waals surface area contributed by atoms with E-state index in [2.05, 4.69) is 217 Å². The van der Waals surface area contributed by atoms with Gasteiger partial charge in [0.05, 0.1) is 16.8 Å². The lowest BCUT2D eigenvalue weighted by molar-refractivity contribution is 0.669. The number of hydrogen-bond acceptors (Lipinski definition) is 3. The summed E-state index contributed by atoms with van der Waals surface area (Å²) in [5.41, 5.74) is 19.8. The molecule has 0 bridgehead atoms. The number of furan rings is 1.